The third-order valence-corrected chi connectivity index (χ3v) is 5.15. The van der Waals surface area contributed by atoms with Gasteiger partial charge in [0.25, 0.3) is 0 Å². The highest BCUT2D eigenvalue weighted by Gasteiger charge is 2.31. The number of hydrogen-bond donors (Lipinski definition) is 1. The van der Waals surface area contributed by atoms with Gasteiger partial charge in [-0.3, -0.25) is 14.5 Å². The number of alkyl halides is 3. The van der Waals surface area contributed by atoms with Gasteiger partial charge in [0, 0.05) is 24.1 Å². The molecule has 1 heterocycles. The molecule has 2 aromatic carbocycles. The molecule has 3 aromatic rings. The normalized spacial score (nSPS) is 11.6. The lowest BCUT2D eigenvalue weighted by atomic mass is 10.2. The van der Waals surface area contributed by atoms with Crippen LogP contribution in [-0.2, 0) is 15.8 Å². The molecule has 0 aliphatic rings. The Hall–Kier alpha value is -3.53. The zero-order valence-corrected chi connectivity index (χ0v) is 17.7. The maximum atomic E-state index is 13.3. The lowest BCUT2D eigenvalue weighted by Gasteiger charge is -2.19. The quantitative estimate of drug-likeness (QED) is 0.376. The minimum atomic E-state index is -4.55. The molecule has 0 saturated carbocycles. The zero-order chi connectivity index (χ0) is 23.5. The van der Waals surface area contributed by atoms with Crippen LogP contribution in [-0.4, -0.2) is 16.8 Å². The third kappa shape index (κ3) is 5.58. The van der Waals surface area contributed by atoms with Gasteiger partial charge in [0.15, 0.2) is 5.13 Å². The molecule has 166 valence electrons. The summed E-state index contributed by atoms with van der Waals surface area (Å²) in [5.41, 5.74) is 0.473. The number of aryl methyl sites for hydroxylation is 1. The number of halogens is 4. The Balaban J connectivity index is 1.79. The van der Waals surface area contributed by atoms with Gasteiger partial charge in [0.1, 0.15) is 5.82 Å². The van der Waals surface area contributed by atoms with Gasteiger partial charge >= 0.3 is 6.18 Å². The molecule has 0 unspecified atom stereocenters. The zero-order valence-electron chi connectivity index (χ0n) is 16.9. The van der Waals surface area contributed by atoms with Crippen molar-refractivity contribution in [1.29, 1.82) is 0 Å². The summed E-state index contributed by atoms with van der Waals surface area (Å²) in [5, 5.41) is 4.26. The van der Waals surface area contributed by atoms with Crippen LogP contribution < -0.4 is 10.2 Å². The van der Waals surface area contributed by atoms with Crippen molar-refractivity contribution in [2.75, 3.05) is 10.2 Å². The highest BCUT2D eigenvalue weighted by atomic mass is 32.1. The largest absolute Gasteiger partial charge is 0.416 e. The molecule has 1 aromatic heterocycles. The van der Waals surface area contributed by atoms with Crippen LogP contribution in [0.25, 0.3) is 6.08 Å². The van der Waals surface area contributed by atoms with E-state index in [1.807, 2.05) is 0 Å². The summed E-state index contributed by atoms with van der Waals surface area (Å²) in [6.45, 7) is 2.93. The Kier molecular flexibility index (Phi) is 6.73. The molecule has 1 N–H and O–H groups in total. The van der Waals surface area contributed by atoms with Crippen molar-refractivity contribution in [3.63, 3.8) is 0 Å². The van der Waals surface area contributed by atoms with Crippen molar-refractivity contribution in [2.24, 2.45) is 0 Å². The van der Waals surface area contributed by atoms with Gasteiger partial charge in [-0.1, -0.05) is 12.1 Å². The first kappa shape index (κ1) is 23.1. The third-order valence-electron chi connectivity index (χ3n) is 4.31. The number of carbonyl (C=O) groups excluding carboxylic acids is 2. The first-order valence-electron chi connectivity index (χ1n) is 9.23. The highest BCUT2D eigenvalue weighted by molar-refractivity contribution is 7.14. The number of thiazole rings is 1. The molecule has 0 bridgehead atoms. The van der Waals surface area contributed by atoms with E-state index in [1.165, 1.54) is 49.4 Å². The van der Waals surface area contributed by atoms with Crippen LogP contribution in [0.5, 0.6) is 0 Å². The lowest BCUT2D eigenvalue weighted by molar-refractivity contribution is -0.137. The van der Waals surface area contributed by atoms with Crippen LogP contribution in [0.4, 0.5) is 34.1 Å². The molecule has 0 spiro atoms. The summed E-state index contributed by atoms with van der Waals surface area (Å²) in [5.74, 6) is -1.53. The first-order valence-corrected chi connectivity index (χ1v) is 10.1. The first-order chi connectivity index (χ1) is 15.0. The van der Waals surface area contributed by atoms with E-state index in [4.69, 9.17) is 0 Å². The van der Waals surface area contributed by atoms with Crippen molar-refractivity contribution < 1.29 is 27.2 Å². The molecule has 0 radical (unpaired) electrons. The van der Waals surface area contributed by atoms with Crippen molar-refractivity contribution in [3.8, 4) is 0 Å². The molecule has 0 fully saturated rings. The second-order valence-electron chi connectivity index (χ2n) is 6.74. The molecular formula is C22H17F4N3O2S. The Bertz CT molecular complexity index is 1190. The van der Waals surface area contributed by atoms with E-state index in [0.29, 0.717) is 16.9 Å². The molecule has 2 amide bonds. The number of carbonyl (C=O) groups is 2. The maximum absolute atomic E-state index is 13.3. The summed E-state index contributed by atoms with van der Waals surface area (Å²) in [7, 11) is 0. The smallest absolute Gasteiger partial charge is 0.322 e. The van der Waals surface area contributed by atoms with Gasteiger partial charge in [-0.15, -0.1) is 11.3 Å². The van der Waals surface area contributed by atoms with Gasteiger partial charge in [-0.2, -0.15) is 13.2 Å². The summed E-state index contributed by atoms with van der Waals surface area (Å²) in [4.78, 5) is 29.6. The van der Waals surface area contributed by atoms with Crippen molar-refractivity contribution in [1.82, 2.24) is 4.98 Å². The average molecular weight is 463 g/mol. The fraction of sp³-hybridized carbons (Fsp3) is 0.136. The van der Waals surface area contributed by atoms with Crippen LogP contribution in [0.1, 0.15) is 23.7 Å². The van der Waals surface area contributed by atoms with Crippen LogP contribution in [0.2, 0.25) is 0 Å². The lowest BCUT2D eigenvalue weighted by Crippen LogP contribution is -2.23. The Labute approximate surface area is 185 Å². The minimum Gasteiger partial charge on any atom is -0.322 e. The molecule has 5 nitrogen and oxygen atoms in total. The summed E-state index contributed by atoms with van der Waals surface area (Å²) in [6.07, 6.45) is -1.98. The summed E-state index contributed by atoms with van der Waals surface area (Å²) < 4.78 is 52.5. The van der Waals surface area contributed by atoms with E-state index in [9.17, 15) is 27.2 Å². The molecule has 0 aliphatic carbocycles. The highest BCUT2D eigenvalue weighted by Crippen LogP contribution is 2.35. The number of rotatable bonds is 5. The molecule has 10 heteroatoms. The maximum Gasteiger partial charge on any atom is 0.416 e. The number of nitrogens with zero attached hydrogens (tertiary/aromatic N) is 2. The fourth-order valence-corrected chi connectivity index (χ4v) is 3.62. The van der Waals surface area contributed by atoms with E-state index in [1.54, 1.807) is 12.3 Å². The van der Waals surface area contributed by atoms with Gasteiger partial charge in [-0.05, 0) is 48.9 Å². The monoisotopic (exact) mass is 463 g/mol. The average Bonchev–Trinajstić information content (AvgIpc) is 3.17. The topological polar surface area (TPSA) is 62.3 Å². The Morgan fingerprint density at radius 1 is 1.16 bits per heavy atom. The summed E-state index contributed by atoms with van der Waals surface area (Å²) in [6, 6.07) is 8.38. The molecule has 0 aliphatic heterocycles. The van der Waals surface area contributed by atoms with Gasteiger partial charge in [0.2, 0.25) is 11.8 Å². The summed E-state index contributed by atoms with van der Waals surface area (Å²) >= 11 is 1.03. The van der Waals surface area contributed by atoms with E-state index in [2.05, 4.69) is 10.3 Å². The van der Waals surface area contributed by atoms with E-state index >= 15 is 0 Å². The minimum absolute atomic E-state index is 0.0246. The van der Waals surface area contributed by atoms with Crippen LogP contribution in [0.3, 0.4) is 0 Å². The predicted molar refractivity (Wildman–Crippen MR) is 115 cm³/mol. The Morgan fingerprint density at radius 3 is 2.59 bits per heavy atom. The van der Waals surface area contributed by atoms with E-state index in [-0.39, 0.29) is 10.8 Å². The van der Waals surface area contributed by atoms with Gasteiger partial charge in [-0.25, -0.2) is 9.37 Å². The molecule has 3 rings (SSSR count). The molecule has 32 heavy (non-hydrogen) atoms. The van der Waals surface area contributed by atoms with Crippen molar-refractivity contribution in [2.45, 2.75) is 20.0 Å². The number of anilines is 3. The molecular weight excluding hydrogens is 446 g/mol. The van der Waals surface area contributed by atoms with Crippen LogP contribution in [0, 0.1) is 12.7 Å². The van der Waals surface area contributed by atoms with Crippen molar-refractivity contribution >= 4 is 45.7 Å². The van der Waals surface area contributed by atoms with Gasteiger partial charge < -0.3 is 5.32 Å². The van der Waals surface area contributed by atoms with E-state index < -0.39 is 29.4 Å². The number of aromatic nitrogens is 1. The van der Waals surface area contributed by atoms with Crippen LogP contribution in [0.15, 0.2) is 53.9 Å². The Morgan fingerprint density at radius 2 is 1.91 bits per heavy atom. The second kappa shape index (κ2) is 9.31. The standard InChI is InChI=1S/C22H17F4N3O2S/c1-13-6-7-16(23)11-19(13)28-20(31)9-8-17-12-32-21(27-17)29(14(2)30)18-5-3-4-15(10-18)22(24,25)26/h3-12H,1-2H3,(H,28,31)/b9-8+. The second-order valence-corrected chi connectivity index (χ2v) is 7.58. The van der Waals surface area contributed by atoms with Gasteiger partial charge in [0.05, 0.1) is 16.9 Å². The predicted octanol–water partition coefficient (Wildman–Crippen LogP) is 5.95. The number of benzene rings is 2. The molecule has 0 saturated heterocycles. The number of hydrogen-bond acceptors (Lipinski definition) is 4. The number of nitrogens with one attached hydrogen (secondary N) is 1. The fourth-order valence-electron chi connectivity index (χ4n) is 2.77. The van der Waals surface area contributed by atoms with Crippen molar-refractivity contribution in [3.05, 3.63) is 76.6 Å². The van der Waals surface area contributed by atoms with E-state index in [0.717, 1.165) is 28.4 Å². The number of amides is 2. The molecule has 0 atom stereocenters. The van der Waals surface area contributed by atoms with Crippen LogP contribution >= 0.6 is 11.3 Å². The SMILES string of the molecule is CC(=O)N(c1cccc(C(F)(F)F)c1)c1nc(/C=C/C(=O)Nc2cc(F)ccc2C)cs1.